The van der Waals surface area contributed by atoms with Gasteiger partial charge in [-0.05, 0) is 17.1 Å². The van der Waals surface area contributed by atoms with Crippen LogP contribution in [0.4, 0.5) is 0 Å². The zero-order valence-corrected chi connectivity index (χ0v) is 14.9. The predicted octanol–water partition coefficient (Wildman–Crippen LogP) is 3.00. The van der Waals surface area contributed by atoms with E-state index in [4.69, 9.17) is 4.99 Å². The quantitative estimate of drug-likeness (QED) is 0.799. The number of aliphatic imine (C=N–C) groups is 1. The lowest BCUT2D eigenvalue weighted by molar-refractivity contribution is 0.300. The minimum absolute atomic E-state index is 0.790. The number of aromatic nitrogens is 1. The van der Waals surface area contributed by atoms with E-state index in [9.17, 15) is 0 Å². The van der Waals surface area contributed by atoms with Crippen LogP contribution in [0.2, 0.25) is 0 Å². The summed E-state index contributed by atoms with van der Waals surface area (Å²) >= 11 is 1.59. The van der Waals surface area contributed by atoms with Crippen LogP contribution in [0.5, 0.6) is 0 Å². The highest BCUT2D eigenvalue weighted by atomic mass is 32.1. The Kier molecular flexibility index (Phi) is 4.91. The SMILES string of the molecule is C(#Cc1nccs1)CN1CCC2=C(CN(Cc3ccccc3)C=N2)C1. The molecular weight excluding hydrogens is 328 g/mol. The second-order valence-corrected chi connectivity index (χ2v) is 7.18. The van der Waals surface area contributed by atoms with Crippen molar-refractivity contribution < 1.29 is 0 Å². The Hall–Kier alpha value is -2.42. The summed E-state index contributed by atoms with van der Waals surface area (Å²) in [5.74, 6) is 6.40. The van der Waals surface area contributed by atoms with Crippen molar-refractivity contribution in [1.82, 2.24) is 14.8 Å². The first kappa shape index (κ1) is 16.1. The van der Waals surface area contributed by atoms with Gasteiger partial charge < -0.3 is 4.90 Å². The molecule has 0 atom stereocenters. The Balaban J connectivity index is 1.35. The van der Waals surface area contributed by atoms with Gasteiger partial charge >= 0.3 is 0 Å². The van der Waals surface area contributed by atoms with Crippen molar-refractivity contribution in [3.05, 3.63) is 63.7 Å². The first-order valence-corrected chi connectivity index (χ1v) is 9.38. The molecule has 1 aromatic heterocycles. The number of nitrogens with zero attached hydrogens (tertiary/aromatic N) is 4. The van der Waals surface area contributed by atoms with Crippen LogP contribution in [-0.2, 0) is 6.54 Å². The minimum Gasteiger partial charge on any atom is -0.354 e. The smallest absolute Gasteiger partial charge is 0.166 e. The molecule has 4 rings (SSSR count). The number of benzene rings is 1. The monoisotopic (exact) mass is 348 g/mol. The van der Waals surface area contributed by atoms with E-state index in [-0.39, 0.29) is 0 Å². The summed E-state index contributed by atoms with van der Waals surface area (Å²) in [6, 6.07) is 10.6. The van der Waals surface area contributed by atoms with Crippen LogP contribution in [0.3, 0.4) is 0 Å². The highest BCUT2D eigenvalue weighted by molar-refractivity contribution is 7.10. The molecule has 0 aliphatic carbocycles. The van der Waals surface area contributed by atoms with Crippen LogP contribution in [0.25, 0.3) is 0 Å². The van der Waals surface area contributed by atoms with E-state index in [0.717, 1.165) is 44.2 Å². The van der Waals surface area contributed by atoms with Crippen LogP contribution in [0.15, 0.2) is 58.2 Å². The zero-order chi connectivity index (χ0) is 16.9. The number of rotatable bonds is 3. The van der Waals surface area contributed by atoms with Crippen LogP contribution in [0.1, 0.15) is 17.0 Å². The summed E-state index contributed by atoms with van der Waals surface area (Å²) in [6.45, 7) is 4.65. The van der Waals surface area contributed by atoms with Gasteiger partial charge in [0.05, 0.1) is 12.9 Å². The van der Waals surface area contributed by atoms with E-state index in [2.05, 4.69) is 57.0 Å². The molecule has 5 heteroatoms. The fourth-order valence-corrected chi connectivity index (χ4v) is 3.68. The van der Waals surface area contributed by atoms with Gasteiger partial charge in [-0.1, -0.05) is 36.3 Å². The summed E-state index contributed by atoms with van der Waals surface area (Å²) < 4.78 is 0. The van der Waals surface area contributed by atoms with Gasteiger partial charge in [-0.25, -0.2) is 9.98 Å². The number of hydrogen-bond donors (Lipinski definition) is 0. The Morgan fingerprint density at radius 1 is 1.16 bits per heavy atom. The molecule has 1 aromatic carbocycles. The highest BCUT2D eigenvalue weighted by Crippen LogP contribution is 2.23. The normalized spacial score (nSPS) is 17.2. The standard InChI is InChI=1S/C20H20N4S/c1-2-5-17(6-3-1)13-24-15-18-14-23(11-8-19(18)22-16-24)10-4-7-20-21-9-12-25-20/h1-3,5-6,9,12,16H,8,10-11,13-15H2. The number of hydrogen-bond acceptors (Lipinski definition) is 5. The van der Waals surface area contributed by atoms with Gasteiger partial charge in [-0.3, -0.25) is 4.90 Å². The molecule has 0 fully saturated rings. The van der Waals surface area contributed by atoms with Gasteiger partial charge in [0, 0.05) is 49.9 Å². The molecule has 0 unspecified atom stereocenters. The minimum atomic E-state index is 0.790. The fourth-order valence-electron chi connectivity index (χ4n) is 3.18. The third-order valence-electron chi connectivity index (χ3n) is 4.42. The van der Waals surface area contributed by atoms with Crippen LogP contribution < -0.4 is 0 Å². The molecule has 4 nitrogen and oxygen atoms in total. The summed E-state index contributed by atoms with van der Waals surface area (Å²) in [4.78, 5) is 13.6. The van der Waals surface area contributed by atoms with Crippen molar-refractivity contribution in [2.24, 2.45) is 4.99 Å². The topological polar surface area (TPSA) is 31.7 Å². The van der Waals surface area contributed by atoms with Crippen molar-refractivity contribution in [1.29, 1.82) is 0 Å². The largest absolute Gasteiger partial charge is 0.354 e. The van der Waals surface area contributed by atoms with E-state index in [1.54, 1.807) is 17.5 Å². The molecule has 0 bridgehead atoms. The van der Waals surface area contributed by atoms with Gasteiger partial charge in [0.2, 0.25) is 0 Å². The van der Waals surface area contributed by atoms with Gasteiger partial charge in [0.25, 0.3) is 0 Å². The second-order valence-electron chi connectivity index (χ2n) is 6.29. The summed E-state index contributed by atoms with van der Waals surface area (Å²) in [5, 5.41) is 2.86. The Morgan fingerprint density at radius 3 is 2.92 bits per heavy atom. The molecule has 2 aliphatic heterocycles. The third kappa shape index (κ3) is 4.16. The maximum absolute atomic E-state index is 4.69. The van der Waals surface area contributed by atoms with Gasteiger partial charge in [0.15, 0.2) is 5.01 Å². The van der Waals surface area contributed by atoms with E-state index in [1.807, 2.05) is 11.7 Å². The van der Waals surface area contributed by atoms with Gasteiger partial charge in [-0.15, -0.1) is 11.3 Å². The first-order chi connectivity index (χ1) is 12.4. The van der Waals surface area contributed by atoms with Gasteiger partial charge in [0.1, 0.15) is 0 Å². The molecule has 0 amide bonds. The molecule has 2 aromatic rings. The Morgan fingerprint density at radius 2 is 2.08 bits per heavy atom. The zero-order valence-electron chi connectivity index (χ0n) is 14.1. The van der Waals surface area contributed by atoms with Gasteiger partial charge in [-0.2, -0.15) is 0 Å². The van der Waals surface area contributed by atoms with Crippen LogP contribution >= 0.6 is 11.3 Å². The average molecular weight is 348 g/mol. The van der Waals surface area contributed by atoms with E-state index >= 15 is 0 Å². The summed E-state index contributed by atoms with van der Waals surface area (Å²) in [7, 11) is 0. The third-order valence-corrected chi connectivity index (χ3v) is 5.11. The first-order valence-electron chi connectivity index (χ1n) is 8.50. The average Bonchev–Trinajstić information content (AvgIpc) is 3.16. The lowest BCUT2D eigenvalue weighted by Gasteiger charge is -2.33. The molecule has 0 radical (unpaired) electrons. The molecule has 126 valence electrons. The maximum Gasteiger partial charge on any atom is 0.166 e. The van der Waals surface area contributed by atoms with Crippen molar-refractivity contribution in [3.63, 3.8) is 0 Å². The van der Waals surface area contributed by atoms with Crippen molar-refractivity contribution in [2.45, 2.75) is 13.0 Å². The van der Waals surface area contributed by atoms with E-state index in [1.165, 1.54) is 16.8 Å². The lowest BCUT2D eigenvalue weighted by Crippen LogP contribution is -2.38. The molecular formula is C20H20N4S. The van der Waals surface area contributed by atoms with Crippen molar-refractivity contribution in [3.8, 4) is 11.8 Å². The van der Waals surface area contributed by atoms with E-state index in [0.29, 0.717) is 0 Å². The molecule has 0 saturated heterocycles. The number of thiazole rings is 1. The van der Waals surface area contributed by atoms with Crippen LogP contribution in [0, 0.1) is 11.8 Å². The van der Waals surface area contributed by atoms with E-state index < -0.39 is 0 Å². The second kappa shape index (κ2) is 7.64. The molecule has 0 saturated carbocycles. The molecule has 2 aliphatic rings. The fraction of sp³-hybridized carbons (Fsp3) is 0.300. The highest BCUT2D eigenvalue weighted by Gasteiger charge is 2.22. The maximum atomic E-state index is 4.69. The molecule has 0 spiro atoms. The predicted molar refractivity (Wildman–Crippen MR) is 102 cm³/mol. The molecule has 25 heavy (non-hydrogen) atoms. The molecule has 0 N–H and O–H groups in total. The van der Waals surface area contributed by atoms with Crippen molar-refractivity contribution >= 4 is 17.7 Å². The van der Waals surface area contributed by atoms with Crippen molar-refractivity contribution in [2.75, 3.05) is 26.2 Å². The lowest BCUT2D eigenvalue weighted by atomic mass is 10.0. The molecule has 3 heterocycles. The summed E-state index contributed by atoms with van der Waals surface area (Å²) in [6.07, 6.45) is 4.82. The van der Waals surface area contributed by atoms with Crippen LogP contribution in [-0.4, -0.2) is 47.3 Å². The Bertz CT molecular complexity index is 828. The Labute approximate surface area is 152 Å². The summed E-state index contributed by atoms with van der Waals surface area (Å²) in [5.41, 5.74) is 4.02.